The minimum Gasteiger partial charge on any atom is -0.494 e. The molecule has 0 saturated heterocycles. The average Bonchev–Trinajstić information content (AvgIpc) is 2.92. The van der Waals surface area contributed by atoms with Gasteiger partial charge in [0, 0.05) is 0 Å². The maximum absolute atomic E-state index is 14.9. The van der Waals surface area contributed by atoms with Gasteiger partial charge in [-0.05, 0) is 73.9 Å². The molecule has 0 amide bonds. The summed E-state index contributed by atoms with van der Waals surface area (Å²) in [5.41, 5.74) is 1.20. The zero-order chi connectivity index (χ0) is 26.5. The van der Waals surface area contributed by atoms with E-state index in [1.807, 2.05) is 24.3 Å². The van der Waals surface area contributed by atoms with E-state index in [1.165, 1.54) is 37.8 Å². The normalized spacial score (nSPS) is 19.2. The Kier molecular flexibility index (Phi) is 11.5. The first-order valence-corrected chi connectivity index (χ1v) is 14.2. The van der Waals surface area contributed by atoms with Crippen molar-refractivity contribution < 1.29 is 18.7 Å². The van der Waals surface area contributed by atoms with Crippen molar-refractivity contribution in [2.45, 2.75) is 103 Å². The highest BCUT2D eigenvalue weighted by atomic mass is 19.1. The van der Waals surface area contributed by atoms with Crippen LogP contribution in [0.15, 0.2) is 42.5 Å². The average molecular weight is 508 g/mol. The van der Waals surface area contributed by atoms with Gasteiger partial charge in [0.05, 0.1) is 23.7 Å². The molecule has 0 bridgehead atoms. The van der Waals surface area contributed by atoms with E-state index in [-0.39, 0.29) is 17.1 Å². The number of benzene rings is 2. The largest absolute Gasteiger partial charge is 0.494 e. The van der Waals surface area contributed by atoms with E-state index < -0.39 is 11.8 Å². The Morgan fingerprint density at radius 3 is 2.24 bits per heavy atom. The Balaban J connectivity index is 1.51. The molecule has 1 aliphatic rings. The number of nitriles is 1. The smallest absolute Gasteiger partial charge is 0.341 e. The fourth-order valence-electron chi connectivity index (χ4n) is 5.11. The third kappa shape index (κ3) is 8.59. The van der Waals surface area contributed by atoms with Crippen molar-refractivity contribution >= 4 is 5.97 Å². The van der Waals surface area contributed by atoms with Crippen LogP contribution in [0.3, 0.4) is 0 Å². The van der Waals surface area contributed by atoms with Crippen molar-refractivity contribution in [1.82, 2.24) is 0 Å². The number of hydrogen-bond acceptors (Lipinski definition) is 4. The van der Waals surface area contributed by atoms with Crippen LogP contribution in [0, 0.1) is 22.6 Å². The summed E-state index contributed by atoms with van der Waals surface area (Å²) in [4.78, 5) is 12.7. The molecule has 0 heterocycles. The summed E-state index contributed by atoms with van der Waals surface area (Å²) in [5.74, 6) is -0.421. The van der Waals surface area contributed by atoms with Crippen molar-refractivity contribution in [1.29, 1.82) is 5.26 Å². The van der Waals surface area contributed by atoms with Gasteiger partial charge in [-0.15, -0.1) is 0 Å². The highest BCUT2D eigenvalue weighted by Gasteiger charge is 2.36. The van der Waals surface area contributed by atoms with Gasteiger partial charge in [0.25, 0.3) is 0 Å². The van der Waals surface area contributed by atoms with E-state index in [0.717, 1.165) is 56.3 Å². The fourth-order valence-corrected chi connectivity index (χ4v) is 5.11. The number of nitrogens with zero attached hydrogens (tertiary/aromatic N) is 1. The second-order valence-electron chi connectivity index (χ2n) is 10.4. The molecule has 5 heteroatoms. The summed E-state index contributed by atoms with van der Waals surface area (Å²) in [6.07, 6.45) is 12.7. The topological polar surface area (TPSA) is 59.3 Å². The van der Waals surface area contributed by atoms with Gasteiger partial charge in [0.2, 0.25) is 0 Å². The summed E-state index contributed by atoms with van der Waals surface area (Å²) in [6, 6.07) is 14.8. The standard InChI is InChI=1S/C32H42FNO3/c1-3-5-7-8-9-19-32(24-34)20-17-28(18-21-32)37-31(35)29-16-13-26(23-30(29)33)25-11-14-27(15-12-25)36-22-10-6-4-2/h11-16,23,28H,3-10,17-22H2,1-2H3. The van der Waals surface area contributed by atoms with Gasteiger partial charge in [0.15, 0.2) is 0 Å². The second kappa shape index (κ2) is 14.8. The summed E-state index contributed by atoms with van der Waals surface area (Å²) in [6.45, 7) is 5.05. The summed E-state index contributed by atoms with van der Waals surface area (Å²) in [5, 5.41) is 9.81. The fraction of sp³-hybridized carbons (Fsp3) is 0.562. The van der Waals surface area contributed by atoms with E-state index in [1.54, 1.807) is 6.07 Å². The lowest BCUT2D eigenvalue weighted by molar-refractivity contribution is 0.0100. The van der Waals surface area contributed by atoms with Gasteiger partial charge in [0.1, 0.15) is 17.7 Å². The Bertz CT molecular complexity index is 1020. The molecule has 37 heavy (non-hydrogen) atoms. The molecule has 0 unspecified atom stereocenters. The molecule has 1 fully saturated rings. The monoisotopic (exact) mass is 507 g/mol. The Hall–Kier alpha value is -2.87. The lowest BCUT2D eigenvalue weighted by Gasteiger charge is -2.34. The zero-order valence-corrected chi connectivity index (χ0v) is 22.6. The van der Waals surface area contributed by atoms with E-state index in [0.29, 0.717) is 25.0 Å². The predicted molar refractivity (Wildman–Crippen MR) is 146 cm³/mol. The minimum absolute atomic E-state index is 0.0485. The molecule has 0 spiro atoms. The third-order valence-electron chi connectivity index (χ3n) is 7.55. The molecule has 2 aromatic carbocycles. The molecule has 0 N–H and O–H groups in total. The number of hydrogen-bond donors (Lipinski definition) is 0. The molecular formula is C32H42FNO3. The Morgan fingerprint density at radius 1 is 0.946 bits per heavy atom. The third-order valence-corrected chi connectivity index (χ3v) is 7.55. The van der Waals surface area contributed by atoms with Gasteiger partial charge in [-0.25, -0.2) is 9.18 Å². The Morgan fingerprint density at radius 2 is 1.59 bits per heavy atom. The molecule has 1 saturated carbocycles. The van der Waals surface area contributed by atoms with Crippen molar-refractivity contribution in [3.05, 3.63) is 53.8 Å². The SMILES string of the molecule is CCCCCCCC1(C#N)CCC(OC(=O)c2ccc(-c3ccc(OCCCCC)cc3)cc2F)CC1. The van der Waals surface area contributed by atoms with Crippen molar-refractivity contribution in [3.63, 3.8) is 0 Å². The first kappa shape index (κ1) is 28.7. The number of carbonyl (C=O) groups is 1. The number of carbonyl (C=O) groups excluding carboxylic acids is 1. The minimum atomic E-state index is -0.631. The lowest BCUT2D eigenvalue weighted by Crippen LogP contribution is -2.31. The van der Waals surface area contributed by atoms with Gasteiger partial charge < -0.3 is 9.47 Å². The van der Waals surface area contributed by atoms with Crippen LogP contribution in [0.2, 0.25) is 0 Å². The summed E-state index contributed by atoms with van der Waals surface area (Å²) >= 11 is 0. The molecular weight excluding hydrogens is 465 g/mol. The number of ether oxygens (including phenoxy) is 2. The molecule has 0 aliphatic heterocycles. The predicted octanol–water partition coefficient (Wildman–Crippen LogP) is 9.03. The van der Waals surface area contributed by atoms with Crippen molar-refractivity contribution in [3.8, 4) is 22.9 Å². The number of unbranched alkanes of at least 4 members (excludes halogenated alkanes) is 6. The maximum Gasteiger partial charge on any atom is 0.341 e. The first-order valence-electron chi connectivity index (χ1n) is 14.2. The van der Waals surface area contributed by atoms with E-state index in [9.17, 15) is 14.4 Å². The number of rotatable bonds is 14. The first-order chi connectivity index (χ1) is 18.0. The van der Waals surface area contributed by atoms with E-state index in [4.69, 9.17) is 9.47 Å². The van der Waals surface area contributed by atoms with Gasteiger partial charge >= 0.3 is 5.97 Å². The Labute approximate surface area is 222 Å². The van der Waals surface area contributed by atoms with Crippen LogP contribution in [0.4, 0.5) is 4.39 Å². The van der Waals surface area contributed by atoms with Gasteiger partial charge in [-0.3, -0.25) is 0 Å². The zero-order valence-electron chi connectivity index (χ0n) is 22.6. The van der Waals surface area contributed by atoms with Crippen molar-refractivity contribution in [2.75, 3.05) is 6.61 Å². The van der Waals surface area contributed by atoms with Crippen LogP contribution in [0.1, 0.15) is 108 Å². The molecule has 1 aliphatic carbocycles. The van der Waals surface area contributed by atoms with Crippen LogP contribution < -0.4 is 4.74 Å². The highest BCUT2D eigenvalue weighted by Crippen LogP contribution is 2.41. The molecule has 3 rings (SSSR count). The quantitative estimate of drug-likeness (QED) is 0.189. The van der Waals surface area contributed by atoms with E-state index >= 15 is 0 Å². The van der Waals surface area contributed by atoms with Crippen LogP contribution in [0.25, 0.3) is 11.1 Å². The van der Waals surface area contributed by atoms with Crippen LogP contribution >= 0.6 is 0 Å². The molecule has 2 aromatic rings. The molecule has 4 nitrogen and oxygen atoms in total. The molecule has 0 radical (unpaired) electrons. The highest BCUT2D eigenvalue weighted by molar-refractivity contribution is 5.90. The number of esters is 1. The number of halogens is 1. The summed E-state index contributed by atoms with van der Waals surface area (Å²) < 4.78 is 26.3. The van der Waals surface area contributed by atoms with Crippen LogP contribution in [-0.2, 0) is 4.74 Å². The van der Waals surface area contributed by atoms with Gasteiger partial charge in [-0.2, -0.15) is 5.26 Å². The molecule has 0 aromatic heterocycles. The van der Waals surface area contributed by atoms with Crippen LogP contribution in [0.5, 0.6) is 5.75 Å². The van der Waals surface area contributed by atoms with Crippen LogP contribution in [-0.4, -0.2) is 18.7 Å². The maximum atomic E-state index is 14.9. The van der Waals surface area contributed by atoms with Gasteiger partial charge in [-0.1, -0.05) is 77.0 Å². The van der Waals surface area contributed by atoms with Crippen molar-refractivity contribution in [2.24, 2.45) is 5.41 Å². The molecule has 200 valence electrons. The summed E-state index contributed by atoms with van der Waals surface area (Å²) in [7, 11) is 0. The van der Waals surface area contributed by atoms with E-state index in [2.05, 4.69) is 19.9 Å². The second-order valence-corrected chi connectivity index (χ2v) is 10.4. The molecule has 0 atom stereocenters. The lowest BCUT2D eigenvalue weighted by atomic mass is 9.71.